The molecule has 0 radical (unpaired) electrons. The molecule has 8 nitrogen and oxygen atoms in total. The highest BCUT2D eigenvalue weighted by molar-refractivity contribution is 7.89. The lowest BCUT2D eigenvalue weighted by molar-refractivity contribution is -0.137. The van der Waals surface area contributed by atoms with Crippen molar-refractivity contribution < 1.29 is 31.1 Å². The zero-order chi connectivity index (χ0) is 20.4. The van der Waals surface area contributed by atoms with Crippen molar-refractivity contribution in [2.75, 3.05) is 12.5 Å². The van der Waals surface area contributed by atoms with Gasteiger partial charge in [0.1, 0.15) is 5.75 Å². The highest BCUT2D eigenvalue weighted by Crippen LogP contribution is 2.32. The summed E-state index contributed by atoms with van der Waals surface area (Å²) in [5, 5.41) is -0.569. The minimum Gasteiger partial charge on any atom is -0.497 e. The number of nitrogens with zero attached hydrogens (tertiary/aromatic N) is 2. The quantitative estimate of drug-likeness (QED) is 0.713. The zero-order valence-corrected chi connectivity index (χ0v) is 15.1. The maximum absolute atomic E-state index is 12.7. The number of halogens is 4. The molecule has 27 heavy (non-hydrogen) atoms. The van der Waals surface area contributed by atoms with Crippen molar-refractivity contribution in [3.8, 4) is 5.75 Å². The van der Waals surface area contributed by atoms with Crippen LogP contribution in [0.1, 0.15) is 5.56 Å². The van der Waals surface area contributed by atoms with Gasteiger partial charge in [-0.3, -0.25) is 5.43 Å². The molecule has 0 aliphatic heterocycles. The van der Waals surface area contributed by atoms with E-state index in [4.69, 9.17) is 22.1 Å². The summed E-state index contributed by atoms with van der Waals surface area (Å²) in [7, 11) is -3.13. The van der Waals surface area contributed by atoms with E-state index in [1.165, 1.54) is 19.2 Å². The predicted molar refractivity (Wildman–Crippen MR) is 89.5 cm³/mol. The number of pyridine rings is 1. The van der Waals surface area contributed by atoms with Crippen LogP contribution in [0.4, 0.5) is 23.8 Å². The zero-order valence-electron chi connectivity index (χ0n) is 13.5. The molecule has 0 unspecified atom stereocenters. The van der Waals surface area contributed by atoms with Crippen LogP contribution in [0.25, 0.3) is 0 Å². The molecule has 13 heteroatoms. The van der Waals surface area contributed by atoms with E-state index in [1.54, 1.807) is 0 Å². The topological polar surface area (TPSA) is 115 Å². The van der Waals surface area contributed by atoms with Crippen LogP contribution in [0.2, 0.25) is 5.02 Å². The van der Waals surface area contributed by atoms with Gasteiger partial charge in [-0.15, -0.1) is 4.41 Å². The number of alkyl halides is 3. The third-order valence-electron chi connectivity index (χ3n) is 3.17. The van der Waals surface area contributed by atoms with E-state index >= 15 is 0 Å². The van der Waals surface area contributed by atoms with E-state index in [9.17, 15) is 26.4 Å². The van der Waals surface area contributed by atoms with Gasteiger partial charge in [0, 0.05) is 6.20 Å². The third-order valence-corrected chi connectivity index (χ3v) is 5.08. The SMILES string of the molecule is COc1ccc(S(=O)(=O)N(Nc2ncc(C(F)(F)F)cc2Cl)C(N)=O)cc1. The van der Waals surface area contributed by atoms with Crippen molar-refractivity contribution in [1.29, 1.82) is 0 Å². The van der Waals surface area contributed by atoms with Gasteiger partial charge in [-0.2, -0.15) is 21.6 Å². The molecule has 1 aromatic heterocycles. The maximum atomic E-state index is 12.7. The Hall–Kier alpha value is -2.73. The molecule has 0 saturated carbocycles. The van der Waals surface area contributed by atoms with Gasteiger partial charge in [0.25, 0.3) is 10.0 Å². The Labute approximate surface area is 156 Å². The van der Waals surface area contributed by atoms with E-state index in [-0.39, 0.29) is 9.31 Å². The number of urea groups is 1. The van der Waals surface area contributed by atoms with Gasteiger partial charge < -0.3 is 10.5 Å². The van der Waals surface area contributed by atoms with E-state index in [0.29, 0.717) is 18.0 Å². The molecule has 0 spiro atoms. The minimum absolute atomic E-state index is 0.0102. The summed E-state index contributed by atoms with van der Waals surface area (Å²) in [6, 6.07) is 4.02. The molecular formula is C14H12ClF3N4O4S. The van der Waals surface area contributed by atoms with E-state index in [1.807, 2.05) is 5.43 Å². The minimum atomic E-state index is -4.70. The Morgan fingerprint density at radius 3 is 2.33 bits per heavy atom. The van der Waals surface area contributed by atoms with Crippen molar-refractivity contribution in [3.63, 3.8) is 0 Å². The fourth-order valence-corrected chi connectivity index (χ4v) is 3.20. The molecule has 2 amide bonds. The first kappa shape index (κ1) is 20.6. The lowest BCUT2D eigenvalue weighted by atomic mass is 10.3. The molecule has 0 aliphatic rings. The van der Waals surface area contributed by atoms with Crippen LogP contribution < -0.4 is 15.9 Å². The van der Waals surface area contributed by atoms with Gasteiger partial charge >= 0.3 is 12.2 Å². The van der Waals surface area contributed by atoms with E-state index < -0.39 is 38.6 Å². The Kier molecular flexibility index (Phi) is 5.70. The summed E-state index contributed by atoms with van der Waals surface area (Å²) < 4.78 is 68.0. The van der Waals surface area contributed by atoms with Gasteiger partial charge in [0.05, 0.1) is 22.6 Å². The first-order valence-corrected chi connectivity index (χ1v) is 8.77. The summed E-state index contributed by atoms with van der Waals surface area (Å²) in [4.78, 5) is 14.7. The summed E-state index contributed by atoms with van der Waals surface area (Å²) in [6.45, 7) is 0. The van der Waals surface area contributed by atoms with Crippen LogP contribution in [-0.2, 0) is 16.2 Å². The third kappa shape index (κ3) is 4.52. The fourth-order valence-electron chi connectivity index (χ4n) is 1.86. The number of primary amides is 1. The van der Waals surface area contributed by atoms with E-state index in [0.717, 1.165) is 12.1 Å². The number of ether oxygens (including phenoxy) is 1. The number of methoxy groups -OCH3 is 1. The first-order valence-electron chi connectivity index (χ1n) is 6.95. The number of hydrogen-bond donors (Lipinski definition) is 2. The summed E-state index contributed by atoms with van der Waals surface area (Å²) in [5.41, 5.74) is 5.95. The second kappa shape index (κ2) is 7.48. The number of hydrazine groups is 1. The number of aromatic nitrogens is 1. The monoisotopic (exact) mass is 424 g/mol. The molecule has 0 saturated heterocycles. The largest absolute Gasteiger partial charge is 0.497 e. The second-order valence-corrected chi connectivity index (χ2v) is 7.14. The number of carbonyl (C=O) groups is 1. The van der Waals surface area contributed by atoms with Crippen molar-refractivity contribution in [2.45, 2.75) is 11.1 Å². The fraction of sp³-hybridized carbons (Fsp3) is 0.143. The van der Waals surface area contributed by atoms with Crippen LogP contribution in [0.15, 0.2) is 41.4 Å². The van der Waals surface area contributed by atoms with Crippen molar-refractivity contribution in [2.24, 2.45) is 5.73 Å². The Morgan fingerprint density at radius 1 is 1.30 bits per heavy atom. The highest BCUT2D eigenvalue weighted by atomic mass is 35.5. The lowest BCUT2D eigenvalue weighted by Crippen LogP contribution is -2.44. The molecule has 1 aromatic carbocycles. The lowest BCUT2D eigenvalue weighted by Gasteiger charge is -2.22. The Balaban J connectivity index is 2.39. The maximum Gasteiger partial charge on any atom is 0.417 e. The molecule has 146 valence electrons. The summed E-state index contributed by atoms with van der Waals surface area (Å²) in [5.74, 6) is -0.152. The van der Waals surface area contributed by atoms with Crippen molar-refractivity contribution >= 4 is 33.5 Å². The second-order valence-electron chi connectivity index (χ2n) is 4.95. The molecule has 3 N–H and O–H groups in total. The molecule has 1 heterocycles. The molecule has 0 fully saturated rings. The number of sulfonamides is 1. The molecule has 2 rings (SSSR count). The van der Waals surface area contributed by atoms with E-state index in [2.05, 4.69) is 4.98 Å². The number of nitrogens with two attached hydrogens (primary N) is 1. The van der Waals surface area contributed by atoms with Gasteiger partial charge in [0.2, 0.25) is 0 Å². The number of benzene rings is 1. The molecule has 0 aliphatic carbocycles. The number of rotatable bonds is 5. The van der Waals surface area contributed by atoms with Gasteiger partial charge in [0.15, 0.2) is 5.82 Å². The molecular weight excluding hydrogens is 413 g/mol. The average molecular weight is 425 g/mol. The first-order chi connectivity index (χ1) is 12.5. The molecule has 2 aromatic rings. The van der Waals surface area contributed by atoms with Crippen molar-refractivity contribution in [3.05, 3.63) is 47.1 Å². The number of hydrogen-bond acceptors (Lipinski definition) is 6. The summed E-state index contributed by atoms with van der Waals surface area (Å²) >= 11 is 5.70. The Bertz CT molecular complexity index is 952. The number of carbonyl (C=O) groups excluding carboxylic acids is 1. The van der Waals surface area contributed by atoms with Gasteiger partial charge in [-0.1, -0.05) is 11.6 Å². The Morgan fingerprint density at radius 2 is 1.89 bits per heavy atom. The van der Waals surface area contributed by atoms with Gasteiger partial charge in [-0.05, 0) is 30.3 Å². The number of anilines is 1. The smallest absolute Gasteiger partial charge is 0.417 e. The highest BCUT2D eigenvalue weighted by Gasteiger charge is 2.33. The van der Waals surface area contributed by atoms with Crippen LogP contribution >= 0.6 is 11.6 Å². The average Bonchev–Trinajstić information content (AvgIpc) is 2.59. The number of amides is 2. The summed E-state index contributed by atoms with van der Waals surface area (Å²) in [6.07, 6.45) is -4.28. The van der Waals surface area contributed by atoms with Crippen LogP contribution in [0.5, 0.6) is 5.75 Å². The van der Waals surface area contributed by atoms with Gasteiger partial charge in [-0.25, -0.2) is 9.78 Å². The van der Waals surface area contributed by atoms with Crippen LogP contribution in [0.3, 0.4) is 0 Å². The van der Waals surface area contributed by atoms with Crippen LogP contribution in [0, 0.1) is 0 Å². The standard InChI is InChI=1S/C14H12ClF3N4O4S/c1-26-9-2-4-10(5-3-9)27(24,25)22(13(19)23)21-12-11(15)6-8(7-20-12)14(16,17)18/h2-7H,1H3,(H2,19,23)(H,20,21). The number of nitrogens with one attached hydrogen (secondary N) is 1. The molecule has 0 atom stereocenters. The van der Waals surface area contributed by atoms with Crippen LogP contribution in [-0.4, -0.2) is 31.0 Å². The predicted octanol–water partition coefficient (Wildman–Crippen LogP) is 2.86. The van der Waals surface area contributed by atoms with Crippen molar-refractivity contribution in [1.82, 2.24) is 9.40 Å². The molecule has 0 bridgehead atoms. The normalized spacial score (nSPS) is 11.7.